The first-order valence-electron chi connectivity index (χ1n) is 11.4. The van der Waals surface area contributed by atoms with Gasteiger partial charge in [0.15, 0.2) is 5.69 Å². The van der Waals surface area contributed by atoms with Crippen molar-refractivity contribution in [3.8, 4) is 0 Å². The molecule has 0 aliphatic heterocycles. The number of fused-ring (bicyclic) bond motifs is 1. The third kappa shape index (κ3) is 3.23. The molecule has 4 bridgehead atoms. The molecule has 3 N–H and O–H groups in total. The lowest BCUT2D eigenvalue weighted by molar-refractivity contribution is -0.00721. The van der Waals surface area contributed by atoms with E-state index < -0.39 is 0 Å². The molecule has 0 spiro atoms. The Morgan fingerprint density at radius 1 is 0.935 bits per heavy atom. The monoisotopic (exact) mass is 412 g/mol. The topological polar surface area (TPSA) is 69.8 Å². The molecule has 3 aromatic rings. The standard InChI is InChI=1S/C26H28N4O/c1-16(21-7-6-20-4-2-3-5-22(20)11-21)27-30-25(31)23-12-24(29-28-23)26-13-17-8-18(14-26)10-19(9-17)15-26/h2-7,11-12,17-19,27H,1,8-10,13-15H2,(H,28,29)(H,30,31). The van der Waals surface area contributed by atoms with Crippen molar-refractivity contribution < 1.29 is 4.79 Å². The highest BCUT2D eigenvalue weighted by atomic mass is 16.2. The number of amides is 1. The number of rotatable bonds is 5. The molecular formula is C26H28N4O. The Bertz CT molecular complexity index is 1140. The van der Waals surface area contributed by atoms with Crippen molar-refractivity contribution in [2.24, 2.45) is 17.8 Å². The molecule has 4 fully saturated rings. The van der Waals surface area contributed by atoms with Crippen molar-refractivity contribution in [3.63, 3.8) is 0 Å². The summed E-state index contributed by atoms with van der Waals surface area (Å²) in [6, 6.07) is 16.3. The van der Waals surface area contributed by atoms with E-state index in [0.29, 0.717) is 11.4 Å². The Balaban J connectivity index is 1.14. The second kappa shape index (κ2) is 6.98. The van der Waals surface area contributed by atoms with E-state index in [1.807, 2.05) is 24.3 Å². The fourth-order valence-corrected chi connectivity index (χ4v) is 6.80. The molecule has 5 nitrogen and oxygen atoms in total. The summed E-state index contributed by atoms with van der Waals surface area (Å²) in [4.78, 5) is 12.7. The number of hydrogen-bond acceptors (Lipinski definition) is 3. The second-order valence-electron chi connectivity index (χ2n) is 9.98. The minimum Gasteiger partial charge on any atom is -0.298 e. The molecule has 5 heteroatoms. The van der Waals surface area contributed by atoms with E-state index in [1.54, 1.807) is 0 Å². The minimum atomic E-state index is -0.242. The molecule has 2 aromatic carbocycles. The number of hydrazine groups is 1. The van der Waals surface area contributed by atoms with E-state index in [9.17, 15) is 4.79 Å². The van der Waals surface area contributed by atoms with Crippen LogP contribution in [0.2, 0.25) is 0 Å². The zero-order valence-corrected chi connectivity index (χ0v) is 17.7. The number of H-pyrrole nitrogens is 1. The van der Waals surface area contributed by atoms with Gasteiger partial charge in [0.05, 0.1) is 5.70 Å². The number of hydrogen-bond donors (Lipinski definition) is 3. The summed E-state index contributed by atoms with van der Waals surface area (Å²) >= 11 is 0. The van der Waals surface area contributed by atoms with Crippen LogP contribution in [0.4, 0.5) is 0 Å². The Hall–Kier alpha value is -3.08. The van der Waals surface area contributed by atoms with Crippen LogP contribution < -0.4 is 10.9 Å². The quantitative estimate of drug-likeness (QED) is 0.520. The van der Waals surface area contributed by atoms with Crippen molar-refractivity contribution >= 4 is 22.4 Å². The van der Waals surface area contributed by atoms with Gasteiger partial charge in [-0.3, -0.25) is 20.7 Å². The van der Waals surface area contributed by atoms with Crippen molar-refractivity contribution in [2.75, 3.05) is 0 Å². The van der Waals surface area contributed by atoms with Gasteiger partial charge in [-0.05, 0) is 84.7 Å². The molecule has 7 rings (SSSR count). The minimum absolute atomic E-state index is 0.211. The Morgan fingerprint density at radius 2 is 1.61 bits per heavy atom. The molecule has 1 amide bonds. The summed E-state index contributed by atoms with van der Waals surface area (Å²) in [7, 11) is 0. The third-order valence-corrected chi connectivity index (χ3v) is 7.84. The molecule has 1 heterocycles. The zero-order chi connectivity index (χ0) is 21.0. The summed E-state index contributed by atoms with van der Waals surface area (Å²) in [5.74, 6) is 2.34. The first-order valence-corrected chi connectivity index (χ1v) is 11.4. The SMILES string of the molecule is C=C(NNC(=O)c1cc(C23CC4CC(CC(C4)C2)C3)[nH]n1)c1ccc2ccccc2c1. The Labute approximate surface area is 182 Å². The van der Waals surface area contributed by atoms with Crippen LogP contribution >= 0.6 is 0 Å². The number of nitrogens with zero attached hydrogens (tertiary/aromatic N) is 1. The van der Waals surface area contributed by atoms with Gasteiger partial charge in [0, 0.05) is 11.1 Å². The fraction of sp³-hybridized carbons (Fsp3) is 0.385. The maximum absolute atomic E-state index is 12.7. The molecular weight excluding hydrogens is 384 g/mol. The van der Waals surface area contributed by atoms with Crippen LogP contribution in [0.25, 0.3) is 16.5 Å². The maximum atomic E-state index is 12.7. The maximum Gasteiger partial charge on any atom is 0.290 e. The van der Waals surface area contributed by atoms with Gasteiger partial charge < -0.3 is 0 Å². The summed E-state index contributed by atoms with van der Waals surface area (Å²) in [6.07, 6.45) is 7.96. The zero-order valence-electron chi connectivity index (χ0n) is 17.7. The summed E-state index contributed by atoms with van der Waals surface area (Å²) in [6.45, 7) is 4.08. The number of carbonyl (C=O) groups excluding carboxylic acids is 1. The smallest absolute Gasteiger partial charge is 0.290 e. The van der Waals surface area contributed by atoms with Gasteiger partial charge in [0.25, 0.3) is 5.91 Å². The van der Waals surface area contributed by atoms with E-state index in [-0.39, 0.29) is 11.3 Å². The summed E-state index contributed by atoms with van der Waals surface area (Å²) in [5, 5.41) is 9.90. The van der Waals surface area contributed by atoms with Crippen molar-refractivity contribution in [1.82, 2.24) is 21.0 Å². The van der Waals surface area contributed by atoms with E-state index in [4.69, 9.17) is 0 Å². The van der Waals surface area contributed by atoms with E-state index in [2.05, 4.69) is 51.9 Å². The number of nitrogens with one attached hydrogen (secondary N) is 3. The van der Waals surface area contributed by atoms with Crippen LogP contribution in [-0.4, -0.2) is 16.1 Å². The lowest BCUT2D eigenvalue weighted by atomic mass is 9.49. The van der Waals surface area contributed by atoms with Gasteiger partial charge >= 0.3 is 0 Å². The second-order valence-corrected chi connectivity index (χ2v) is 9.98. The number of carbonyl (C=O) groups is 1. The lowest BCUT2D eigenvalue weighted by Gasteiger charge is -2.56. The molecule has 4 aliphatic rings. The van der Waals surface area contributed by atoms with E-state index in [0.717, 1.165) is 34.4 Å². The van der Waals surface area contributed by atoms with Gasteiger partial charge in [-0.15, -0.1) is 0 Å². The predicted octanol–water partition coefficient (Wildman–Crippen LogP) is 4.94. The lowest BCUT2D eigenvalue weighted by Crippen LogP contribution is -2.48. The molecule has 0 radical (unpaired) electrons. The average Bonchev–Trinajstić information content (AvgIpc) is 3.27. The van der Waals surface area contributed by atoms with Crippen molar-refractivity contribution in [3.05, 3.63) is 72.1 Å². The highest BCUT2D eigenvalue weighted by Crippen LogP contribution is 2.60. The average molecular weight is 413 g/mol. The summed E-state index contributed by atoms with van der Waals surface area (Å²) < 4.78 is 0. The molecule has 158 valence electrons. The van der Waals surface area contributed by atoms with Gasteiger partial charge in [-0.2, -0.15) is 5.10 Å². The molecule has 4 aliphatic carbocycles. The Kier molecular flexibility index (Phi) is 4.20. The number of aromatic nitrogens is 2. The molecule has 31 heavy (non-hydrogen) atoms. The van der Waals surface area contributed by atoms with Crippen LogP contribution in [0.1, 0.15) is 60.3 Å². The first-order chi connectivity index (χ1) is 15.1. The Morgan fingerprint density at radius 3 is 2.32 bits per heavy atom. The molecule has 1 aromatic heterocycles. The highest BCUT2D eigenvalue weighted by molar-refractivity contribution is 5.93. The van der Waals surface area contributed by atoms with Crippen LogP contribution in [0.15, 0.2) is 55.1 Å². The molecule has 0 unspecified atom stereocenters. The molecule has 0 saturated heterocycles. The van der Waals surface area contributed by atoms with Gasteiger partial charge in [-0.25, -0.2) is 0 Å². The highest BCUT2D eigenvalue weighted by Gasteiger charge is 2.52. The molecule has 0 atom stereocenters. The van der Waals surface area contributed by atoms with Gasteiger partial charge in [-0.1, -0.05) is 43.0 Å². The van der Waals surface area contributed by atoms with Gasteiger partial charge in [0.2, 0.25) is 0 Å². The van der Waals surface area contributed by atoms with Crippen LogP contribution in [0.5, 0.6) is 0 Å². The van der Waals surface area contributed by atoms with Crippen LogP contribution in [0.3, 0.4) is 0 Å². The predicted molar refractivity (Wildman–Crippen MR) is 122 cm³/mol. The number of benzene rings is 2. The van der Waals surface area contributed by atoms with Crippen LogP contribution in [0, 0.1) is 17.8 Å². The fourth-order valence-electron chi connectivity index (χ4n) is 6.80. The van der Waals surface area contributed by atoms with Crippen molar-refractivity contribution in [2.45, 2.75) is 43.9 Å². The van der Waals surface area contributed by atoms with E-state index in [1.165, 1.54) is 43.9 Å². The van der Waals surface area contributed by atoms with E-state index >= 15 is 0 Å². The van der Waals surface area contributed by atoms with Gasteiger partial charge in [0.1, 0.15) is 0 Å². The summed E-state index contributed by atoms with van der Waals surface area (Å²) in [5.41, 5.74) is 9.11. The molecule has 4 saturated carbocycles. The normalized spacial score (nSPS) is 28.6. The van der Waals surface area contributed by atoms with Crippen molar-refractivity contribution in [1.29, 1.82) is 0 Å². The third-order valence-electron chi connectivity index (χ3n) is 7.84. The first kappa shape index (κ1) is 18.7. The van der Waals surface area contributed by atoms with Crippen LogP contribution in [-0.2, 0) is 5.41 Å². The largest absolute Gasteiger partial charge is 0.298 e. The number of aromatic amines is 1.